The topological polar surface area (TPSA) is 144 Å². The van der Waals surface area contributed by atoms with Gasteiger partial charge in [0.25, 0.3) is 0 Å². The van der Waals surface area contributed by atoms with Crippen LogP contribution in [0.25, 0.3) is 0 Å². The summed E-state index contributed by atoms with van der Waals surface area (Å²) in [6, 6.07) is 9.27. The number of benzene rings is 2. The van der Waals surface area contributed by atoms with E-state index in [4.69, 9.17) is 10.3 Å². The first kappa shape index (κ1) is 17.6. The molecule has 0 unspecified atom stereocenters. The molecule has 4 N–H and O–H groups in total. The van der Waals surface area contributed by atoms with E-state index in [1.807, 2.05) is 0 Å². The third-order valence-electron chi connectivity index (χ3n) is 3.30. The van der Waals surface area contributed by atoms with Gasteiger partial charge < -0.3 is 10.8 Å². The predicted octanol–water partition coefficient (Wildman–Crippen LogP) is 1.19. The fraction of sp³-hybridized carbons (Fsp3) is 0.0667. The van der Waals surface area contributed by atoms with Crippen molar-refractivity contribution in [3.63, 3.8) is 0 Å². The molecule has 2 aromatic rings. The largest absolute Gasteiger partial charge is 0.507 e. The lowest BCUT2D eigenvalue weighted by Crippen LogP contribution is -2.22. The first-order valence-corrected chi connectivity index (χ1v) is 7.86. The minimum atomic E-state index is -4.16. The molecule has 0 saturated carbocycles. The van der Waals surface area contributed by atoms with Crippen molar-refractivity contribution in [1.82, 2.24) is 0 Å². The fourth-order valence-corrected chi connectivity index (χ4v) is 2.23. The molecule has 0 heterocycles. The number of nitrogen functional groups attached to an aromatic ring is 1. The summed E-state index contributed by atoms with van der Waals surface area (Å²) in [6.07, 6.45) is 0. The Hall–Kier alpha value is -2.75. The number of ketones is 2. The van der Waals surface area contributed by atoms with E-state index < -0.39 is 10.4 Å². The number of carbonyl (C=O) groups is 2. The molecule has 0 saturated heterocycles. The number of phenols is 1. The number of carbonyl (C=O) groups excluding carboxylic acids is 2. The van der Waals surface area contributed by atoms with Crippen molar-refractivity contribution in [1.29, 1.82) is 0 Å². The Kier molecular flexibility index (Phi) is 4.69. The molecular weight excluding hydrogens is 338 g/mol. The SMILES string of the molecule is COS(=O)(=O)O.Nc1ccc(O)c2c1C(=O)c1ccccc1C2=O. The molecule has 24 heavy (non-hydrogen) atoms. The summed E-state index contributed by atoms with van der Waals surface area (Å²) in [6.45, 7) is 0. The summed E-state index contributed by atoms with van der Waals surface area (Å²) in [7, 11) is -3.29. The van der Waals surface area contributed by atoms with Crippen LogP contribution < -0.4 is 5.73 Å². The lowest BCUT2D eigenvalue weighted by molar-refractivity contribution is 0.0977. The molecule has 0 aliphatic heterocycles. The van der Waals surface area contributed by atoms with Crippen LogP contribution in [0.1, 0.15) is 31.8 Å². The molecule has 1 aliphatic carbocycles. The molecule has 0 radical (unpaired) electrons. The van der Waals surface area contributed by atoms with Crippen LogP contribution in [0.3, 0.4) is 0 Å². The Labute approximate surface area is 137 Å². The van der Waals surface area contributed by atoms with E-state index in [0.29, 0.717) is 11.1 Å². The number of hydrogen-bond acceptors (Lipinski definition) is 7. The molecular formula is C15H13NO7S. The van der Waals surface area contributed by atoms with E-state index in [1.54, 1.807) is 24.3 Å². The highest BCUT2D eigenvalue weighted by atomic mass is 32.3. The van der Waals surface area contributed by atoms with Gasteiger partial charge in [-0.25, -0.2) is 0 Å². The van der Waals surface area contributed by atoms with Crippen LogP contribution >= 0.6 is 0 Å². The van der Waals surface area contributed by atoms with Crippen LogP contribution in [0.2, 0.25) is 0 Å². The van der Waals surface area contributed by atoms with Gasteiger partial charge in [-0.15, -0.1) is 0 Å². The molecule has 0 fully saturated rings. The average molecular weight is 351 g/mol. The maximum Gasteiger partial charge on any atom is 0.397 e. The van der Waals surface area contributed by atoms with Crippen molar-refractivity contribution in [2.24, 2.45) is 0 Å². The van der Waals surface area contributed by atoms with E-state index in [9.17, 15) is 23.1 Å². The third kappa shape index (κ3) is 3.27. The van der Waals surface area contributed by atoms with Gasteiger partial charge >= 0.3 is 10.4 Å². The lowest BCUT2D eigenvalue weighted by atomic mass is 9.83. The molecule has 0 bridgehead atoms. The second-order valence-electron chi connectivity index (χ2n) is 4.72. The minimum absolute atomic E-state index is 0.00120. The first-order valence-electron chi connectivity index (χ1n) is 6.50. The minimum Gasteiger partial charge on any atom is -0.507 e. The quantitative estimate of drug-likeness (QED) is 0.337. The Morgan fingerprint density at radius 3 is 1.88 bits per heavy atom. The van der Waals surface area contributed by atoms with E-state index in [1.165, 1.54) is 12.1 Å². The number of aromatic hydroxyl groups is 1. The molecule has 8 nitrogen and oxygen atoms in total. The van der Waals surface area contributed by atoms with Gasteiger partial charge in [0.15, 0.2) is 11.6 Å². The van der Waals surface area contributed by atoms with Crippen molar-refractivity contribution in [2.45, 2.75) is 0 Å². The fourth-order valence-electron chi connectivity index (χ4n) is 2.23. The van der Waals surface area contributed by atoms with Gasteiger partial charge in [0.2, 0.25) is 0 Å². The van der Waals surface area contributed by atoms with E-state index in [2.05, 4.69) is 4.18 Å². The van der Waals surface area contributed by atoms with E-state index in [-0.39, 0.29) is 34.1 Å². The van der Waals surface area contributed by atoms with Gasteiger partial charge in [-0.3, -0.25) is 18.3 Å². The Balaban J connectivity index is 0.000000301. The molecule has 9 heteroatoms. The van der Waals surface area contributed by atoms with Crippen LogP contribution in [0.4, 0.5) is 5.69 Å². The molecule has 0 atom stereocenters. The maximum absolute atomic E-state index is 12.3. The van der Waals surface area contributed by atoms with Gasteiger partial charge in [-0.05, 0) is 12.1 Å². The Morgan fingerprint density at radius 1 is 0.958 bits per heavy atom. The summed E-state index contributed by atoms with van der Waals surface area (Å²) in [5.74, 6) is -0.911. The number of nitrogens with two attached hydrogens (primary N) is 1. The normalized spacial score (nSPS) is 12.8. The zero-order valence-corrected chi connectivity index (χ0v) is 13.2. The van der Waals surface area contributed by atoms with Crippen LogP contribution in [-0.4, -0.2) is 36.8 Å². The monoisotopic (exact) mass is 351 g/mol. The highest BCUT2D eigenvalue weighted by Gasteiger charge is 2.33. The molecule has 1 aliphatic rings. The van der Waals surface area contributed by atoms with Crippen molar-refractivity contribution in [3.05, 3.63) is 58.7 Å². The number of anilines is 1. The van der Waals surface area contributed by atoms with Gasteiger partial charge in [0.05, 0.1) is 18.2 Å². The van der Waals surface area contributed by atoms with Crippen molar-refractivity contribution in [2.75, 3.05) is 12.8 Å². The molecule has 0 amide bonds. The summed E-state index contributed by atoms with van der Waals surface area (Å²) in [5, 5.41) is 9.77. The van der Waals surface area contributed by atoms with Crippen LogP contribution in [0, 0.1) is 0 Å². The summed E-state index contributed by atoms with van der Waals surface area (Å²) in [4.78, 5) is 24.5. The van der Waals surface area contributed by atoms with Crippen molar-refractivity contribution < 1.29 is 31.8 Å². The molecule has 0 aromatic heterocycles. The summed E-state index contributed by atoms with van der Waals surface area (Å²) >= 11 is 0. The zero-order chi connectivity index (χ0) is 18.1. The standard InChI is InChI=1S/C14H9NO3.CH4O4S/c15-9-5-6-10(16)12-11(9)13(17)7-3-1-2-4-8(7)14(12)18;1-5-6(2,3)4/h1-6,16H,15H2;1H3,(H,2,3,4). The van der Waals surface area contributed by atoms with Crippen LogP contribution in [0.5, 0.6) is 5.75 Å². The third-order valence-corrected chi connectivity index (χ3v) is 3.72. The Morgan fingerprint density at radius 2 is 1.42 bits per heavy atom. The van der Waals surface area contributed by atoms with Gasteiger partial charge in [-0.1, -0.05) is 24.3 Å². The first-order chi connectivity index (χ1) is 11.2. The molecule has 126 valence electrons. The highest BCUT2D eigenvalue weighted by Crippen LogP contribution is 2.35. The maximum atomic E-state index is 12.3. The van der Waals surface area contributed by atoms with Crippen LogP contribution in [-0.2, 0) is 14.6 Å². The van der Waals surface area contributed by atoms with Gasteiger partial charge in [0, 0.05) is 16.8 Å². The summed E-state index contributed by atoms with van der Waals surface area (Å²) < 4.78 is 29.7. The highest BCUT2D eigenvalue weighted by molar-refractivity contribution is 7.80. The second-order valence-corrected chi connectivity index (χ2v) is 5.91. The molecule has 2 aromatic carbocycles. The van der Waals surface area contributed by atoms with Crippen molar-refractivity contribution in [3.8, 4) is 5.75 Å². The predicted molar refractivity (Wildman–Crippen MR) is 84.4 cm³/mol. The van der Waals surface area contributed by atoms with Crippen LogP contribution in [0.15, 0.2) is 36.4 Å². The second kappa shape index (κ2) is 6.40. The molecule has 0 spiro atoms. The zero-order valence-electron chi connectivity index (χ0n) is 12.4. The van der Waals surface area contributed by atoms with E-state index >= 15 is 0 Å². The Bertz CT molecular complexity index is 875. The van der Waals surface area contributed by atoms with E-state index in [0.717, 1.165) is 7.11 Å². The lowest BCUT2D eigenvalue weighted by Gasteiger charge is -2.19. The number of rotatable bonds is 1. The average Bonchev–Trinajstić information content (AvgIpc) is 2.54. The summed E-state index contributed by atoms with van der Waals surface area (Å²) in [5.41, 5.74) is 6.66. The number of hydrogen-bond donors (Lipinski definition) is 3. The number of fused-ring (bicyclic) bond motifs is 2. The number of phenolic OH excluding ortho intramolecular Hbond substituents is 1. The van der Waals surface area contributed by atoms with Crippen molar-refractivity contribution >= 4 is 27.7 Å². The molecule has 3 rings (SSSR count). The van der Waals surface area contributed by atoms with Gasteiger partial charge in [0.1, 0.15) is 5.75 Å². The van der Waals surface area contributed by atoms with Gasteiger partial charge in [-0.2, -0.15) is 8.42 Å². The smallest absolute Gasteiger partial charge is 0.397 e.